The number of carbonyl (C=O) groups excluding carboxylic acids is 1. The summed E-state index contributed by atoms with van der Waals surface area (Å²) in [5.74, 6) is -0.0150. The average molecular weight is 233 g/mol. The maximum Gasteiger partial charge on any atom is 0.251 e. The number of carbonyl (C=O) groups is 1. The molecule has 1 saturated heterocycles. The molecular weight excluding hydrogens is 214 g/mol. The number of ether oxygens (including phenoxy) is 1. The average Bonchev–Trinajstić information content (AvgIpc) is 2.22. The highest BCUT2D eigenvalue weighted by molar-refractivity contribution is 5.94. The van der Waals surface area contributed by atoms with Crippen LogP contribution in [-0.2, 0) is 10.2 Å². The van der Waals surface area contributed by atoms with Crippen LogP contribution in [0.5, 0.6) is 0 Å². The van der Waals surface area contributed by atoms with Crippen molar-refractivity contribution in [2.24, 2.45) is 0 Å². The van der Waals surface area contributed by atoms with Crippen LogP contribution in [0.4, 0.5) is 0 Å². The summed E-state index contributed by atoms with van der Waals surface area (Å²) in [6.07, 6.45) is 0. The summed E-state index contributed by atoms with van der Waals surface area (Å²) in [6, 6.07) is 7.99. The zero-order valence-corrected chi connectivity index (χ0v) is 10.6. The van der Waals surface area contributed by atoms with Gasteiger partial charge < -0.3 is 10.1 Å². The lowest BCUT2D eigenvalue weighted by atomic mass is 9.86. The highest BCUT2D eigenvalue weighted by atomic mass is 16.5. The third kappa shape index (κ3) is 2.86. The molecule has 0 radical (unpaired) electrons. The summed E-state index contributed by atoms with van der Waals surface area (Å²) in [5.41, 5.74) is 2.07. The Labute approximate surface area is 102 Å². The first kappa shape index (κ1) is 12.1. The molecule has 0 bridgehead atoms. The molecular formula is C14H19NO2. The normalized spacial score (nSPS) is 16.4. The van der Waals surface area contributed by atoms with E-state index >= 15 is 0 Å². The van der Waals surface area contributed by atoms with E-state index in [2.05, 4.69) is 26.1 Å². The van der Waals surface area contributed by atoms with Crippen molar-refractivity contribution >= 4 is 5.91 Å². The Balaban J connectivity index is 2.04. The molecule has 0 aliphatic carbocycles. The van der Waals surface area contributed by atoms with E-state index in [1.54, 1.807) is 0 Å². The van der Waals surface area contributed by atoms with Gasteiger partial charge in [-0.1, -0.05) is 32.9 Å². The fourth-order valence-electron chi connectivity index (χ4n) is 1.71. The number of amides is 1. The van der Waals surface area contributed by atoms with Crippen LogP contribution in [0.3, 0.4) is 0 Å². The fraction of sp³-hybridized carbons (Fsp3) is 0.500. The van der Waals surface area contributed by atoms with Crippen LogP contribution < -0.4 is 5.32 Å². The van der Waals surface area contributed by atoms with Gasteiger partial charge in [-0.3, -0.25) is 4.79 Å². The molecule has 0 aromatic heterocycles. The van der Waals surface area contributed by atoms with E-state index in [4.69, 9.17) is 4.74 Å². The Kier molecular flexibility index (Phi) is 3.20. The maximum atomic E-state index is 11.8. The second-order valence-electron chi connectivity index (χ2n) is 5.54. The highest BCUT2D eigenvalue weighted by Crippen LogP contribution is 2.22. The highest BCUT2D eigenvalue weighted by Gasteiger charge is 2.21. The largest absolute Gasteiger partial charge is 0.377 e. The van der Waals surface area contributed by atoms with Gasteiger partial charge in [-0.05, 0) is 23.1 Å². The van der Waals surface area contributed by atoms with Crippen molar-refractivity contribution in [2.45, 2.75) is 32.2 Å². The van der Waals surface area contributed by atoms with Gasteiger partial charge in [-0.25, -0.2) is 0 Å². The van der Waals surface area contributed by atoms with Crippen molar-refractivity contribution in [3.63, 3.8) is 0 Å². The third-order valence-electron chi connectivity index (χ3n) is 2.99. The molecule has 0 spiro atoms. The minimum absolute atomic E-state index is 0.0150. The minimum atomic E-state index is -0.0150. The van der Waals surface area contributed by atoms with Crippen LogP contribution in [0, 0.1) is 0 Å². The summed E-state index contributed by atoms with van der Waals surface area (Å²) in [4.78, 5) is 11.8. The van der Waals surface area contributed by atoms with Crippen LogP contribution in [0.15, 0.2) is 24.3 Å². The SMILES string of the molecule is CC(C)(C)c1ccc(C(=O)NC2COC2)cc1. The van der Waals surface area contributed by atoms with Crippen LogP contribution in [-0.4, -0.2) is 25.2 Å². The molecule has 2 rings (SSSR count). The molecule has 0 unspecified atom stereocenters. The fourth-order valence-corrected chi connectivity index (χ4v) is 1.71. The van der Waals surface area contributed by atoms with Gasteiger partial charge in [0, 0.05) is 5.56 Å². The summed E-state index contributed by atoms with van der Waals surface area (Å²) in [7, 11) is 0. The zero-order valence-electron chi connectivity index (χ0n) is 10.6. The minimum Gasteiger partial charge on any atom is -0.377 e. The van der Waals surface area contributed by atoms with Crippen molar-refractivity contribution in [3.05, 3.63) is 35.4 Å². The van der Waals surface area contributed by atoms with E-state index in [0.717, 1.165) is 0 Å². The standard InChI is InChI=1S/C14H19NO2/c1-14(2,3)11-6-4-10(5-7-11)13(16)15-12-8-17-9-12/h4-7,12H,8-9H2,1-3H3,(H,15,16). The van der Waals surface area contributed by atoms with Crippen molar-refractivity contribution in [1.82, 2.24) is 5.32 Å². The summed E-state index contributed by atoms with van der Waals surface area (Å²) in [5, 5.41) is 2.93. The first-order valence-corrected chi connectivity index (χ1v) is 5.96. The summed E-state index contributed by atoms with van der Waals surface area (Å²) in [6.45, 7) is 7.74. The number of rotatable bonds is 2. The van der Waals surface area contributed by atoms with Gasteiger partial charge in [0.1, 0.15) is 0 Å². The van der Waals surface area contributed by atoms with Crippen LogP contribution >= 0.6 is 0 Å². The number of benzene rings is 1. The Morgan fingerprint density at radius 2 is 1.82 bits per heavy atom. The van der Waals surface area contributed by atoms with Crippen molar-refractivity contribution in [3.8, 4) is 0 Å². The molecule has 1 aliphatic rings. The van der Waals surface area contributed by atoms with Gasteiger partial charge in [0.15, 0.2) is 0 Å². The topological polar surface area (TPSA) is 38.3 Å². The monoisotopic (exact) mass is 233 g/mol. The van der Waals surface area contributed by atoms with Gasteiger partial charge in [0.25, 0.3) is 5.91 Å². The van der Waals surface area contributed by atoms with Crippen molar-refractivity contribution in [2.75, 3.05) is 13.2 Å². The molecule has 1 amide bonds. The molecule has 3 nitrogen and oxygen atoms in total. The van der Waals surface area contributed by atoms with E-state index in [0.29, 0.717) is 18.8 Å². The lowest BCUT2D eigenvalue weighted by Gasteiger charge is -2.27. The predicted octanol–water partition coefficient (Wildman–Crippen LogP) is 2.11. The van der Waals surface area contributed by atoms with Gasteiger partial charge in [-0.2, -0.15) is 0 Å². The second kappa shape index (κ2) is 4.49. The molecule has 1 aromatic carbocycles. The molecule has 0 atom stereocenters. The van der Waals surface area contributed by atoms with Crippen LogP contribution in [0.1, 0.15) is 36.7 Å². The van der Waals surface area contributed by atoms with Crippen molar-refractivity contribution in [1.29, 1.82) is 0 Å². The van der Waals surface area contributed by atoms with Gasteiger partial charge in [0.2, 0.25) is 0 Å². The van der Waals surface area contributed by atoms with E-state index < -0.39 is 0 Å². The molecule has 1 aliphatic heterocycles. The molecule has 92 valence electrons. The van der Waals surface area contributed by atoms with Crippen LogP contribution in [0.25, 0.3) is 0 Å². The smallest absolute Gasteiger partial charge is 0.251 e. The van der Waals surface area contributed by atoms with Gasteiger partial charge in [-0.15, -0.1) is 0 Å². The third-order valence-corrected chi connectivity index (χ3v) is 2.99. The van der Waals surface area contributed by atoms with Gasteiger partial charge in [0.05, 0.1) is 19.3 Å². The van der Waals surface area contributed by atoms with Crippen LogP contribution in [0.2, 0.25) is 0 Å². The maximum absolute atomic E-state index is 11.8. The predicted molar refractivity (Wildman–Crippen MR) is 67.2 cm³/mol. The zero-order chi connectivity index (χ0) is 12.5. The van der Waals surface area contributed by atoms with Gasteiger partial charge >= 0.3 is 0 Å². The molecule has 1 heterocycles. The Morgan fingerprint density at radius 3 is 2.24 bits per heavy atom. The molecule has 17 heavy (non-hydrogen) atoms. The first-order valence-electron chi connectivity index (χ1n) is 5.96. The second-order valence-corrected chi connectivity index (χ2v) is 5.54. The lowest BCUT2D eigenvalue weighted by molar-refractivity contribution is -0.00346. The molecule has 1 fully saturated rings. The number of nitrogens with one attached hydrogen (secondary N) is 1. The van der Waals surface area contributed by atoms with Crippen molar-refractivity contribution < 1.29 is 9.53 Å². The summed E-state index contributed by atoms with van der Waals surface area (Å²) < 4.78 is 5.02. The molecule has 1 aromatic rings. The van der Waals surface area contributed by atoms with E-state index in [1.165, 1.54) is 5.56 Å². The molecule has 3 heteroatoms. The quantitative estimate of drug-likeness (QED) is 0.849. The first-order chi connectivity index (χ1) is 7.97. The van der Waals surface area contributed by atoms with E-state index in [1.807, 2.05) is 24.3 Å². The Morgan fingerprint density at radius 1 is 1.24 bits per heavy atom. The summed E-state index contributed by atoms with van der Waals surface area (Å²) >= 11 is 0. The Hall–Kier alpha value is -1.35. The molecule has 0 saturated carbocycles. The number of hydrogen-bond acceptors (Lipinski definition) is 2. The number of hydrogen-bond donors (Lipinski definition) is 1. The Bertz CT molecular complexity index is 399. The van der Waals surface area contributed by atoms with E-state index in [9.17, 15) is 4.79 Å². The van der Waals surface area contributed by atoms with E-state index in [-0.39, 0.29) is 17.4 Å². The lowest BCUT2D eigenvalue weighted by Crippen LogP contribution is -2.48. The molecule has 1 N–H and O–H groups in total.